The Kier molecular flexibility index (Phi) is 6.66. The summed E-state index contributed by atoms with van der Waals surface area (Å²) in [7, 11) is 0. The second-order valence-corrected chi connectivity index (χ2v) is 8.28. The Balaban J connectivity index is 1.56. The van der Waals surface area contributed by atoms with Crippen molar-refractivity contribution in [2.45, 2.75) is 13.8 Å². The molecule has 0 saturated heterocycles. The van der Waals surface area contributed by atoms with E-state index in [4.69, 9.17) is 0 Å². The molecule has 4 aromatic rings. The van der Waals surface area contributed by atoms with Crippen molar-refractivity contribution in [3.63, 3.8) is 0 Å². The minimum atomic E-state index is -0.561. The molecule has 0 aliphatic heterocycles. The zero-order valence-corrected chi connectivity index (χ0v) is 19.0. The number of aryl methyl sites for hydroxylation is 2. The molecule has 7 nitrogen and oxygen atoms in total. The molecule has 8 heteroatoms. The molecule has 0 spiro atoms. The van der Waals surface area contributed by atoms with Gasteiger partial charge in [-0.3, -0.25) is 0 Å². The Morgan fingerprint density at radius 3 is 2.06 bits per heavy atom. The Morgan fingerprint density at radius 2 is 1.39 bits per heavy atom. The van der Waals surface area contributed by atoms with E-state index >= 15 is 0 Å². The van der Waals surface area contributed by atoms with E-state index < -0.39 is 12.1 Å². The average Bonchev–Trinajstić information content (AvgIpc) is 3.30. The summed E-state index contributed by atoms with van der Waals surface area (Å²) in [5.41, 5.74) is 7.69. The minimum absolute atomic E-state index is 0.332. The van der Waals surface area contributed by atoms with Gasteiger partial charge in [0.25, 0.3) is 0 Å². The molecular formula is C25H23N5O2S. The fourth-order valence-electron chi connectivity index (χ4n) is 3.01. The van der Waals surface area contributed by atoms with Crippen LogP contribution in [0.2, 0.25) is 0 Å². The molecule has 0 bridgehead atoms. The highest BCUT2D eigenvalue weighted by molar-refractivity contribution is 7.14. The lowest BCUT2D eigenvalue weighted by Gasteiger charge is -2.21. The second-order valence-electron chi connectivity index (χ2n) is 7.44. The van der Waals surface area contributed by atoms with Crippen LogP contribution in [-0.2, 0) is 0 Å². The average molecular weight is 458 g/mol. The van der Waals surface area contributed by atoms with Gasteiger partial charge in [0, 0.05) is 22.3 Å². The number of hydrogen-bond acceptors (Lipinski definition) is 4. The van der Waals surface area contributed by atoms with Crippen LogP contribution in [0, 0.1) is 13.8 Å². The van der Waals surface area contributed by atoms with Gasteiger partial charge < -0.3 is 10.6 Å². The molecule has 0 fully saturated rings. The number of amides is 4. The number of hydrazine groups is 1. The number of carbonyl (C=O) groups is 2. The lowest BCUT2D eigenvalue weighted by atomic mass is 10.1. The molecule has 0 atom stereocenters. The van der Waals surface area contributed by atoms with Crippen molar-refractivity contribution in [3.8, 4) is 11.3 Å². The number of rotatable bonds is 4. The smallest absolute Gasteiger partial charge is 0.307 e. The van der Waals surface area contributed by atoms with Crippen molar-refractivity contribution in [1.29, 1.82) is 0 Å². The molecule has 1 heterocycles. The molecule has 0 unspecified atom stereocenters. The van der Waals surface area contributed by atoms with Crippen LogP contribution < -0.4 is 21.1 Å². The zero-order valence-electron chi connectivity index (χ0n) is 18.2. The highest BCUT2D eigenvalue weighted by atomic mass is 32.1. The van der Waals surface area contributed by atoms with Crippen LogP contribution >= 0.6 is 11.3 Å². The molecule has 0 aliphatic carbocycles. The van der Waals surface area contributed by atoms with Gasteiger partial charge in [0.2, 0.25) is 5.13 Å². The third-order valence-electron chi connectivity index (χ3n) is 4.78. The monoisotopic (exact) mass is 457 g/mol. The summed E-state index contributed by atoms with van der Waals surface area (Å²) in [5, 5.41) is 8.81. The van der Waals surface area contributed by atoms with Gasteiger partial charge in [0.05, 0.1) is 5.69 Å². The fourth-order valence-corrected chi connectivity index (χ4v) is 3.80. The minimum Gasteiger partial charge on any atom is -0.307 e. The number of nitrogens with zero attached hydrogens (tertiary/aromatic N) is 2. The predicted molar refractivity (Wildman–Crippen MR) is 134 cm³/mol. The molecule has 4 rings (SSSR count). The van der Waals surface area contributed by atoms with Crippen LogP contribution in [0.15, 0.2) is 84.2 Å². The quantitative estimate of drug-likeness (QED) is 0.319. The summed E-state index contributed by atoms with van der Waals surface area (Å²) in [6.07, 6.45) is 0. The van der Waals surface area contributed by atoms with Gasteiger partial charge in [-0.05, 0) is 38.1 Å². The Hall–Kier alpha value is -4.17. The normalized spacial score (nSPS) is 10.4. The van der Waals surface area contributed by atoms with Crippen molar-refractivity contribution in [2.75, 3.05) is 15.6 Å². The molecule has 0 saturated carbocycles. The summed E-state index contributed by atoms with van der Waals surface area (Å²) >= 11 is 1.26. The lowest BCUT2D eigenvalue weighted by Crippen LogP contribution is -2.50. The summed E-state index contributed by atoms with van der Waals surface area (Å²) < 4.78 is 0. The van der Waals surface area contributed by atoms with Gasteiger partial charge >= 0.3 is 12.1 Å². The van der Waals surface area contributed by atoms with Gasteiger partial charge in [0.15, 0.2) is 0 Å². The molecular weight excluding hydrogens is 434 g/mol. The third kappa shape index (κ3) is 5.75. The van der Waals surface area contributed by atoms with Crippen LogP contribution in [0.3, 0.4) is 0 Å². The maximum atomic E-state index is 13.1. The van der Waals surface area contributed by atoms with E-state index in [1.165, 1.54) is 11.3 Å². The van der Waals surface area contributed by atoms with Gasteiger partial charge in [-0.2, -0.15) is 5.01 Å². The van der Waals surface area contributed by atoms with Gasteiger partial charge in [0.1, 0.15) is 0 Å². The number of benzene rings is 3. The summed E-state index contributed by atoms with van der Waals surface area (Å²) in [6.45, 7) is 3.98. The number of para-hydroxylation sites is 1. The maximum Gasteiger partial charge on any atom is 0.347 e. The molecule has 0 radical (unpaired) electrons. The molecule has 3 aromatic carbocycles. The Morgan fingerprint density at radius 1 is 0.788 bits per heavy atom. The first-order valence-electron chi connectivity index (χ1n) is 10.3. The van der Waals surface area contributed by atoms with Crippen molar-refractivity contribution in [2.24, 2.45) is 0 Å². The molecule has 3 N–H and O–H groups in total. The Bertz CT molecular complexity index is 1240. The van der Waals surface area contributed by atoms with E-state index in [1.54, 1.807) is 24.3 Å². The van der Waals surface area contributed by atoms with Crippen molar-refractivity contribution in [1.82, 2.24) is 10.4 Å². The highest BCUT2D eigenvalue weighted by Gasteiger charge is 2.22. The largest absolute Gasteiger partial charge is 0.347 e. The topological polar surface area (TPSA) is 86.4 Å². The number of thiazole rings is 1. The number of aromatic nitrogens is 1. The first kappa shape index (κ1) is 22.0. The lowest BCUT2D eigenvalue weighted by molar-refractivity contribution is 0.243. The van der Waals surface area contributed by atoms with Crippen LogP contribution in [-0.4, -0.2) is 17.0 Å². The SMILES string of the molecule is Cc1ccc(NC(=O)NN(C(=O)Nc2ccccc2)c2nc(-c3ccc(C)cc3)cs2)cc1. The number of anilines is 3. The van der Waals surface area contributed by atoms with Crippen LogP contribution in [0.1, 0.15) is 11.1 Å². The van der Waals surface area contributed by atoms with Gasteiger partial charge in [-0.25, -0.2) is 20.0 Å². The van der Waals surface area contributed by atoms with Crippen molar-refractivity contribution in [3.05, 3.63) is 95.4 Å². The molecule has 33 heavy (non-hydrogen) atoms. The van der Waals surface area contributed by atoms with Crippen LogP contribution in [0.5, 0.6) is 0 Å². The van der Waals surface area contributed by atoms with E-state index in [-0.39, 0.29) is 0 Å². The number of urea groups is 2. The molecule has 1 aromatic heterocycles. The van der Waals surface area contributed by atoms with E-state index in [0.717, 1.165) is 21.7 Å². The highest BCUT2D eigenvalue weighted by Crippen LogP contribution is 2.27. The second kappa shape index (κ2) is 9.97. The third-order valence-corrected chi connectivity index (χ3v) is 5.61. The fraction of sp³-hybridized carbons (Fsp3) is 0.0800. The zero-order chi connectivity index (χ0) is 23.2. The van der Waals surface area contributed by atoms with E-state index in [1.807, 2.05) is 73.8 Å². The van der Waals surface area contributed by atoms with Crippen molar-refractivity contribution >= 4 is 39.9 Å². The number of nitrogens with one attached hydrogen (secondary N) is 3. The Labute approximate surface area is 196 Å². The predicted octanol–water partition coefficient (Wildman–Crippen LogP) is 6.20. The first-order valence-corrected chi connectivity index (χ1v) is 11.2. The number of hydrogen-bond donors (Lipinski definition) is 3. The van der Waals surface area contributed by atoms with Crippen LogP contribution in [0.25, 0.3) is 11.3 Å². The molecule has 0 aliphatic rings. The summed E-state index contributed by atoms with van der Waals surface area (Å²) in [5.74, 6) is 0. The van der Waals surface area contributed by atoms with Crippen molar-refractivity contribution < 1.29 is 9.59 Å². The first-order chi connectivity index (χ1) is 16.0. The van der Waals surface area contributed by atoms with Gasteiger partial charge in [-0.1, -0.05) is 65.7 Å². The standard InChI is InChI=1S/C25H23N5O2S/c1-17-8-12-19(13-9-17)22-16-33-25(28-22)30(24(32)27-20-6-4-3-5-7-20)29-23(31)26-21-14-10-18(2)11-15-21/h3-16H,1-2H3,(H,27,32)(H2,26,29,31). The van der Waals surface area contributed by atoms with Gasteiger partial charge in [-0.15, -0.1) is 11.3 Å². The summed E-state index contributed by atoms with van der Waals surface area (Å²) in [6, 6.07) is 23.2. The molecule has 166 valence electrons. The maximum absolute atomic E-state index is 13.1. The number of carbonyl (C=O) groups excluding carboxylic acids is 2. The van der Waals surface area contributed by atoms with E-state index in [9.17, 15) is 9.59 Å². The van der Waals surface area contributed by atoms with Crippen LogP contribution in [0.4, 0.5) is 26.1 Å². The summed E-state index contributed by atoms with van der Waals surface area (Å²) in [4.78, 5) is 30.3. The van der Waals surface area contributed by atoms with E-state index in [0.29, 0.717) is 22.2 Å². The van der Waals surface area contributed by atoms with E-state index in [2.05, 4.69) is 21.0 Å². The molecule has 4 amide bonds.